The number of ether oxygens (including phenoxy) is 1. The number of hydrogen-bond donors (Lipinski definition) is 2. The number of para-hydroxylation sites is 1. The molecule has 2 aromatic carbocycles. The Morgan fingerprint density at radius 2 is 1.58 bits per heavy atom. The van der Waals surface area contributed by atoms with E-state index in [-0.39, 0.29) is 0 Å². The van der Waals surface area contributed by atoms with Crippen molar-refractivity contribution in [1.29, 1.82) is 0 Å². The van der Waals surface area contributed by atoms with Gasteiger partial charge in [-0.25, -0.2) is 0 Å². The molecule has 0 radical (unpaired) electrons. The lowest BCUT2D eigenvalue weighted by Gasteiger charge is -2.17. The van der Waals surface area contributed by atoms with Crippen molar-refractivity contribution < 1.29 is 15.2 Å². The van der Waals surface area contributed by atoms with Crippen molar-refractivity contribution in [3.8, 4) is 5.75 Å². The first-order chi connectivity index (χ1) is 11.6. The molecule has 0 saturated carbocycles. The van der Waals surface area contributed by atoms with E-state index in [1.165, 1.54) is 11.1 Å². The largest absolute Gasteiger partial charge is 0.490 e. The van der Waals surface area contributed by atoms with Crippen LogP contribution in [0, 0.1) is 0 Å². The summed E-state index contributed by atoms with van der Waals surface area (Å²) in [7, 11) is 0. The van der Waals surface area contributed by atoms with Crippen LogP contribution in [0.1, 0.15) is 43.7 Å². The van der Waals surface area contributed by atoms with Crippen molar-refractivity contribution in [2.24, 2.45) is 0 Å². The molecule has 0 amide bonds. The number of benzene rings is 2. The zero-order chi connectivity index (χ0) is 17.4. The lowest BCUT2D eigenvalue weighted by Crippen LogP contribution is -2.87. The van der Waals surface area contributed by atoms with E-state index in [0.29, 0.717) is 25.0 Å². The molecule has 2 rings (SSSR count). The molecule has 0 spiro atoms. The van der Waals surface area contributed by atoms with Crippen molar-refractivity contribution in [3.63, 3.8) is 0 Å². The SMILES string of the molecule is CC(C)c1ccccc1OC[C@H](O)C[NH2+]C[C@@H](C)c1ccccc1. The van der Waals surface area contributed by atoms with Gasteiger partial charge in [-0.3, -0.25) is 0 Å². The molecule has 2 aromatic rings. The van der Waals surface area contributed by atoms with Gasteiger partial charge in [-0.15, -0.1) is 0 Å². The zero-order valence-electron chi connectivity index (χ0n) is 15.0. The van der Waals surface area contributed by atoms with Crippen LogP contribution in [0.3, 0.4) is 0 Å². The molecule has 3 heteroatoms. The van der Waals surface area contributed by atoms with Gasteiger partial charge in [-0.05, 0) is 23.1 Å². The van der Waals surface area contributed by atoms with Gasteiger partial charge in [-0.2, -0.15) is 0 Å². The first kappa shape index (κ1) is 18.5. The summed E-state index contributed by atoms with van der Waals surface area (Å²) in [6, 6.07) is 18.5. The minimum absolute atomic E-state index is 0.333. The number of aliphatic hydroxyl groups excluding tert-OH is 1. The highest BCUT2D eigenvalue weighted by molar-refractivity contribution is 5.35. The highest BCUT2D eigenvalue weighted by atomic mass is 16.5. The number of nitrogens with two attached hydrogens (primary N) is 1. The Morgan fingerprint density at radius 1 is 0.917 bits per heavy atom. The average Bonchev–Trinajstić information content (AvgIpc) is 2.60. The monoisotopic (exact) mass is 328 g/mol. The van der Waals surface area contributed by atoms with Gasteiger partial charge in [0.05, 0.1) is 6.54 Å². The topological polar surface area (TPSA) is 46.1 Å². The molecule has 3 N–H and O–H groups in total. The van der Waals surface area contributed by atoms with E-state index in [4.69, 9.17) is 4.74 Å². The Hall–Kier alpha value is -1.84. The van der Waals surface area contributed by atoms with E-state index < -0.39 is 6.10 Å². The van der Waals surface area contributed by atoms with Crippen LogP contribution in [0.2, 0.25) is 0 Å². The summed E-state index contributed by atoms with van der Waals surface area (Å²) in [5.74, 6) is 1.77. The second-order valence-corrected chi connectivity index (χ2v) is 6.73. The molecule has 0 aliphatic rings. The molecular weight excluding hydrogens is 298 g/mol. The van der Waals surface area contributed by atoms with Crippen LogP contribution in [0.25, 0.3) is 0 Å². The van der Waals surface area contributed by atoms with Crippen molar-refractivity contribution in [2.75, 3.05) is 19.7 Å². The van der Waals surface area contributed by atoms with Gasteiger partial charge in [0.1, 0.15) is 25.0 Å². The Labute approximate surface area is 145 Å². The molecule has 0 heterocycles. The van der Waals surface area contributed by atoms with Crippen molar-refractivity contribution in [3.05, 3.63) is 65.7 Å². The molecule has 0 saturated heterocycles. The van der Waals surface area contributed by atoms with E-state index in [9.17, 15) is 5.11 Å². The molecule has 0 fully saturated rings. The van der Waals surface area contributed by atoms with E-state index >= 15 is 0 Å². The molecule has 0 bridgehead atoms. The third-order valence-electron chi connectivity index (χ3n) is 4.30. The lowest BCUT2D eigenvalue weighted by molar-refractivity contribution is -0.663. The second kappa shape index (κ2) is 9.45. The Balaban J connectivity index is 1.73. The molecule has 0 aliphatic carbocycles. The highest BCUT2D eigenvalue weighted by Crippen LogP contribution is 2.25. The van der Waals surface area contributed by atoms with E-state index in [1.807, 2.05) is 24.3 Å². The predicted molar refractivity (Wildman–Crippen MR) is 98.5 cm³/mol. The minimum atomic E-state index is -0.465. The van der Waals surface area contributed by atoms with Gasteiger partial charge in [-0.1, -0.05) is 69.3 Å². The number of aliphatic hydroxyl groups is 1. The first-order valence-corrected chi connectivity index (χ1v) is 8.84. The Morgan fingerprint density at radius 3 is 2.29 bits per heavy atom. The normalized spacial score (nSPS) is 13.7. The van der Waals surface area contributed by atoms with Gasteiger partial charge in [0.15, 0.2) is 0 Å². The van der Waals surface area contributed by atoms with E-state index in [2.05, 4.69) is 56.4 Å². The van der Waals surface area contributed by atoms with Crippen LogP contribution in [-0.4, -0.2) is 30.9 Å². The van der Waals surface area contributed by atoms with Crippen LogP contribution >= 0.6 is 0 Å². The summed E-state index contributed by atoms with van der Waals surface area (Å²) in [6.45, 7) is 8.47. The predicted octanol–water partition coefficient (Wildman–Crippen LogP) is 2.92. The standard InChI is InChI=1S/C21H29NO2/c1-16(2)20-11-7-8-12-21(20)24-15-19(23)14-22-13-17(3)18-9-5-4-6-10-18/h4-12,16-17,19,22-23H,13-15H2,1-3H3/p+1/t17-,19-/m1/s1. The summed E-state index contributed by atoms with van der Waals surface area (Å²) in [6.07, 6.45) is -0.465. The molecule has 130 valence electrons. The molecule has 0 aliphatic heterocycles. The van der Waals surface area contributed by atoms with Crippen molar-refractivity contribution in [2.45, 2.75) is 38.7 Å². The average molecular weight is 328 g/mol. The number of rotatable bonds is 9. The molecular formula is C21H30NO2+. The van der Waals surface area contributed by atoms with Gasteiger partial charge in [0.25, 0.3) is 0 Å². The van der Waals surface area contributed by atoms with Crippen molar-refractivity contribution >= 4 is 0 Å². The van der Waals surface area contributed by atoms with Gasteiger partial charge in [0.2, 0.25) is 0 Å². The summed E-state index contributed by atoms with van der Waals surface area (Å²) in [4.78, 5) is 0. The van der Waals surface area contributed by atoms with E-state index in [1.54, 1.807) is 0 Å². The minimum Gasteiger partial charge on any atom is -0.490 e. The lowest BCUT2D eigenvalue weighted by atomic mass is 10.0. The molecule has 0 aromatic heterocycles. The molecule has 3 nitrogen and oxygen atoms in total. The second-order valence-electron chi connectivity index (χ2n) is 6.73. The molecule has 0 unspecified atom stereocenters. The summed E-state index contributed by atoms with van der Waals surface area (Å²) >= 11 is 0. The fourth-order valence-corrected chi connectivity index (χ4v) is 2.80. The van der Waals surface area contributed by atoms with Crippen LogP contribution in [0.5, 0.6) is 5.75 Å². The number of hydrogen-bond acceptors (Lipinski definition) is 2. The summed E-state index contributed by atoms with van der Waals surface area (Å²) in [5, 5.41) is 12.3. The highest BCUT2D eigenvalue weighted by Gasteiger charge is 2.13. The Bertz CT molecular complexity index is 598. The van der Waals surface area contributed by atoms with Crippen LogP contribution in [-0.2, 0) is 0 Å². The van der Waals surface area contributed by atoms with E-state index in [0.717, 1.165) is 12.3 Å². The maximum atomic E-state index is 10.2. The Kier molecular flexibility index (Phi) is 7.29. The van der Waals surface area contributed by atoms with Crippen LogP contribution < -0.4 is 10.1 Å². The molecule has 24 heavy (non-hydrogen) atoms. The smallest absolute Gasteiger partial charge is 0.137 e. The quantitative estimate of drug-likeness (QED) is 0.743. The third-order valence-corrected chi connectivity index (χ3v) is 4.30. The van der Waals surface area contributed by atoms with Gasteiger partial charge < -0.3 is 15.2 Å². The summed E-state index contributed by atoms with van der Waals surface area (Å²) in [5.41, 5.74) is 2.52. The summed E-state index contributed by atoms with van der Waals surface area (Å²) < 4.78 is 5.83. The number of quaternary nitrogens is 1. The van der Waals surface area contributed by atoms with Gasteiger partial charge in [0, 0.05) is 5.92 Å². The van der Waals surface area contributed by atoms with Crippen LogP contribution in [0.15, 0.2) is 54.6 Å². The zero-order valence-corrected chi connectivity index (χ0v) is 15.0. The van der Waals surface area contributed by atoms with Gasteiger partial charge >= 0.3 is 0 Å². The maximum absolute atomic E-state index is 10.2. The maximum Gasteiger partial charge on any atom is 0.137 e. The fraction of sp³-hybridized carbons (Fsp3) is 0.429. The van der Waals surface area contributed by atoms with Crippen LogP contribution in [0.4, 0.5) is 0 Å². The first-order valence-electron chi connectivity index (χ1n) is 8.84. The fourth-order valence-electron chi connectivity index (χ4n) is 2.80. The third kappa shape index (κ3) is 5.66. The molecule has 2 atom stereocenters. The van der Waals surface area contributed by atoms with Crippen molar-refractivity contribution in [1.82, 2.24) is 0 Å².